The van der Waals surface area contributed by atoms with Gasteiger partial charge in [-0.25, -0.2) is 0 Å². The van der Waals surface area contributed by atoms with Gasteiger partial charge in [0.2, 0.25) is 0 Å². The van der Waals surface area contributed by atoms with Gasteiger partial charge in [-0.1, -0.05) is 36.8 Å². The van der Waals surface area contributed by atoms with Gasteiger partial charge < -0.3 is 14.2 Å². The maximum atomic E-state index is 12.4. The van der Waals surface area contributed by atoms with E-state index in [0.29, 0.717) is 26.1 Å². The lowest BCUT2D eigenvalue weighted by atomic mass is 9.69. The van der Waals surface area contributed by atoms with Crippen molar-refractivity contribution in [3.8, 4) is 6.07 Å². The zero-order valence-electron chi connectivity index (χ0n) is 14.6. The molecule has 1 saturated heterocycles. The van der Waals surface area contributed by atoms with Crippen molar-refractivity contribution >= 4 is 5.97 Å². The lowest BCUT2D eigenvalue weighted by Crippen LogP contribution is -2.38. The van der Waals surface area contributed by atoms with Gasteiger partial charge in [-0.05, 0) is 32.3 Å². The van der Waals surface area contributed by atoms with Crippen LogP contribution in [0.3, 0.4) is 0 Å². The molecule has 2 rings (SSSR count). The van der Waals surface area contributed by atoms with Crippen LogP contribution in [0.25, 0.3) is 0 Å². The summed E-state index contributed by atoms with van der Waals surface area (Å²) in [6, 6.07) is 10.1. The number of carbonyl (C=O) groups is 1. The van der Waals surface area contributed by atoms with Gasteiger partial charge in [-0.2, -0.15) is 5.26 Å². The number of aryl methyl sites for hydroxylation is 1. The summed E-state index contributed by atoms with van der Waals surface area (Å²) in [6.45, 7) is 7.13. The molecule has 0 saturated carbocycles. The average Bonchev–Trinajstić information content (AvgIpc) is 3.07. The van der Waals surface area contributed by atoms with Crippen LogP contribution in [-0.2, 0) is 24.4 Å². The molecule has 1 aliphatic heterocycles. The van der Waals surface area contributed by atoms with E-state index in [1.165, 1.54) is 0 Å². The first kappa shape index (κ1) is 18.4. The monoisotopic (exact) mass is 331 g/mol. The maximum absolute atomic E-state index is 12.4. The Morgan fingerprint density at radius 3 is 2.75 bits per heavy atom. The van der Waals surface area contributed by atoms with Crippen molar-refractivity contribution in [2.45, 2.75) is 45.3 Å². The molecule has 2 unspecified atom stereocenters. The Kier molecular flexibility index (Phi) is 6.36. The van der Waals surface area contributed by atoms with Crippen LogP contribution in [0.2, 0.25) is 0 Å². The highest BCUT2D eigenvalue weighted by atomic mass is 16.7. The SMILES string of the molecule is CCOC(=O)C(C#N)C(C)(CCC1OCCO1)c1cccc(C)c1. The summed E-state index contributed by atoms with van der Waals surface area (Å²) in [6.07, 6.45) is 0.955. The van der Waals surface area contributed by atoms with Crippen LogP contribution >= 0.6 is 0 Å². The summed E-state index contributed by atoms with van der Waals surface area (Å²) in [5.41, 5.74) is 1.38. The summed E-state index contributed by atoms with van der Waals surface area (Å²) in [5.74, 6) is -1.35. The van der Waals surface area contributed by atoms with Crippen molar-refractivity contribution < 1.29 is 19.0 Å². The van der Waals surface area contributed by atoms with Gasteiger partial charge in [0.1, 0.15) is 0 Å². The second-order valence-corrected chi connectivity index (χ2v) is 6.31. The van der Waals surface area contributed by atoms with E-state index in [2.05, 4.69) is 6.07 Å². The Bertz CT molecular complexity index is 604. The third kappa shape index (κ3) is 4.14. The number of benzene rings is 1. The van der Waals surface area contributed by atoms with E-state index in [9.17, 15) is 10.1 Å². The molecule has 24 heavy (non-hydrogen) atoms. The molecule has 1 fully saturated rings. The van der Waals surface area contributed by atoms with Gasteiger partial charge in [-0.15, -0.1) is 0 Å². The largest absolute Gasteiger partial charge is 0.465 e. The lowest BCUT2D eigenvalue weighted by molar-refractivity contribution is -0.148. The smallest absolute Gasteiger partial charge is 0.324 e. The van der Waals surface area contributed by atoms with E-state index >= 15 is 0 Å². The van der Waals surface area contributed by atoms with Crippen LogP contribution in [0.4, 0.5) is 0 Å². The Hall–Kier alpha value is -1.90. The van der Waals surface area contributed by atoms with E-state index in [1.807, 2.05) is 38.1 Å². The molecule has 5 nitrogen and oxygen atoms in total. The molecule has 0 N–H and O–H groups in total. The normalized spacial score (nSPS) is 18.6. The number of hydrogen-bond donors (Lipinski definition) is 0. The molecule has 1 aromatic rings. The first-order chi connectivity index (χ1) is 11.5. The third-order valence-corrected chi connectivity index (χ3v) is 4.56. The van der Waals surface area contributed by atoms with Crippen molar-refractivity contribution in [3.63, 3.8) is 0 Å². The zero-order chi connectivity index (χ0) is 17.6. The standard InChI is InChI=1S/C19H25NO4/c1-4-22-18(21)16(13-20)19(3,9-8-17-23-10-11-24-17)15-7-5-6-14(2)12-15/h5-7,12,16-17H,4,8-11H2,1-3H3. The Morgan fingerprint density at radius 1 is 1.46 bits per heavy atom. The van der Waals surface area contributed by atoms with Gasteiger partial charge >= 0.3 is 5.97 Å². The van der Waals surface area contributed by atoms with Crippen molar-refractivity contribution in [2.75, 3.05) is 19.8 Å². The summed E-state index contributed by atoms with van der Waals surface area (Å²) >= 11 is 0. The van der Waals surface area contributed by atoms with Crippen LogP contribution < -0.4 is 0 Å². The second kappa shape index (κ2) is 8.27. The second-order valence-electron chi connectivity index (χ2n) is 6.31. The fraction of sp³-hybridized carbons (Fsp3) is 0.579. The molecule has 0 amide bonds. The molecule has 2 atom stereocenters. The van der Waals surface area contributed by atoms with E-state index in [4.69, 9.17) is 14.2 Å². The summed E-state index contributed by atoms with van der Waals surface area (Å²) in [7, 11) is 0. The fourth-order valence-corrected chi connectivity index (χ4v) is 3.13. The summed E-state index contributed by atoms with van der Waals surface area (Å²) in [4.78, 5) is 12.4. The number of ether oxygens (including phenoxy) is 3. The quantitative estimate of drug-likeness (QED) is 0.718. The molecule has 0 aliphatic carbocycles. The molecular formula is C19H25NO4. The molecule has 0 spiro atoms. The minimum Gasteiger partial charge on any atom is -0.465 e. The minimum atomic E-state index is -0.874. The number of rotatable bonds is 7. The van der Waals surface area contributed by atoms with E-state index < -0.39 is 17.3 Å². The van der Waals surface area contributed by atoms with E-state index in [1.54, 1.807) is 6.92 Å². The Labute approximate surface area is 143 Å². The molecule has 0 aromatic heterocycles. The molecule has 130 valence electrons. The van der Waals surface area contributed by atoms with Crippen LogP contribution in [0.1, 0.15) is 37.8 Å². The van der Waals surface area contributed by atoms with Crippen molar-refractivity contribution in [2.24, 2.45) is 5.92 Å². The number of nitrogens with zero attached hydrogens (tertiary/aromatic N) is 1. The number of esters is 1. The van der Waals surface area contributed by atoms with Gasteiger partial charge in [0.25, 0.3) is 0 Å². The fourth-order valence-electron chi connectivity index (χ4n) is 3.13. The van der Waals surface area contributed by atoms with Crippen molar-refractivity contribution in [1.29, 1.82) is 5.26 Å². The predicted octanol–water partition coefficient (Wildman–Crippen LogP) is 3.11. The van der Waals surface area contributed by atoms with Crippen LogP contribution in [0.5, 0.6) is 0 Å². The molecule has 0 bridgehead atoms. The lowest BCUT2D eigenvalue weighted by Gasteiger charge is -2.34. The first-order valence-corrected chi connectivity index (χ1v) is 8.38. The Balaban J connectivity index is 2.31. The predicted molar refractivity (Wildman–Crippen MR) is 89.2 cm³/mol. The summed E-state index contributed by atoms with van der Waals surface area (Å²) < 4.78 is 16.2. The van der Waals surface area contributed by atoms with Gasteiger partial charge in [-0.3, -0.25) is 4.79 Å². The highest BCUT2D eigenvalue weighted by Gasteiger charge is 2.42. The molecule has 0 radical (unpaired) electrons. The molecule has 1 aromatic carbocycles. The molecule has 1 heterocycles. The van der Waals surface area contributed by atoms with Crippen LogP contribution in [-0.4, -0.2) is 32.1 Å². The highest BCUT2D eigenvalue weighted by Crippen LogP contribution is 2.38. The molecule has 5 heteroatoms. The van der Waals surface area contributed by atoms with Crippen LogP contribution in [0, 0.1) is 24.2 Å². The molecular weight excluding hydrogens is 306 g/mol. The van der Waals surface area contributed by atoms with Crippen LogP contribution in [0.15, 0.2) is 24.3 Å². The van der Waals surface area contributed by atoms with Gasteiger partial charge in [0.15, 0.2) is 12.2 Å². The van der Waals surface area contributed by atoms with E-state index in [-0.39, 0.29) is 12.9 Å². The Morgan fingerprint density at radius 2 is 2.17 bits per heavy atom. The topological polar surface area (TPSA) is 68.6 Å². The maximum Gasteiger partial charge on any atom is 0.324 e. The zero-order valence-corrected chi connectivity index (χ0v) is 14.6. The first-order valence-electron chi connectivity index (χ1n) is 8.38. The van der Waals surface area contributed by atoms with Gasteiger partial charge in [0, 0.05) is 5.41 Å². The number of nitriles is 1. The minimum absolute atomic E-state index is 0.260. The van der Waals surface area contributed by atoms with Gasteiger partial charge in [0.05, 0.1) is 25.9 Å². The number of carbonyl (C=O) groups excluding carboxylic acids is 1. The molecule has 1 aliphatic rings. The number of hydrogen-bond acceptors (Lipinski definition) is 5. The third-order valence-electron chi connectivity index (χ3n) is 4.56. The highest BCUT2D eigenvalue weighted by molar-refractivity contribution is 5.77. The summed E-state index contributed by atoms with van der Waals surface area (Å²) in [5, 5.41) is 9.67. The van der Waals surface area contributed by atoms with Crippen molar-refractivity contribution in [1.82, 2.24) is 0 Å². The van der Waals surface area contributed by atoms with Crippen molar-refractivity contribution in [3.05, 3.63) is 35.4 Å². The van der Waals surface area contributed by atoms with E-state index in [0.717, 1.165) is 11.1 Å². The average molecular weight is 331 g/mol.